The minimum absolute atomic E-state index is 0.683. The average Bonchev–Trinajstić information content (AvgIpc) is 2.56. The van der Waals surface area contributed by atoms with Crippen molar-refractivity contribution in [2.45, 2.75) is 0 Å². The average molecular weight is 299 g/mol. The maximum absolute atomic E-state index is 5.95. The monoisotopic (exact) mass is 297 g/mol. The molecule has 0 aliphatic heterocycles. The van der Waals surface area contributed by atoms with E-state index in [1.165, 1.54) is 10.1 Å². The highest BCUT2D eigenvalue weighted by molar-refractivity contribution is 9.10. The van der Waals surface area contributed by atoms with E-state index in [1.807, 2.05) is 12.1 Å². The molecule has 15 heavy (non-hydrogen) atoms. The number of hydrogen-bond donors (Lipinski definition) is 0. The summed E-state index contributed by atoms with van der Waals surface area (Å²) in [5, 5.41) is 3.02. The van der Waals surface area contributed by atoms with E-state index >= 15 is 0 Å². The number of thiophene rings is 1. The van der Waals surface area contributed by atoms with Gasteiger partial charge in [0.1, 0.15) is 4.83 Å². The Morgan fingerprint density at radius 3 is 2.93 bits per heavy atom. The molecule has 2 heterocycles. The summed E-state index contributed by atoms with van der Waals surface area (Å²) in [6.45, 7) is 0. The maximum atomic E-state index is 5.95. The second-order valence-corrected chi connectivity index (χ2v) is 5.63. The van der Waals surface area contributed by atoms with Gasteiger partial charge in [0.25, 0.3) is 0 Å². The van der Waals surface area contributed by atoms with E-state index in [4.69, 9.17) is 11.6 Å². The Morgan fingerprint density at radius 2 is 2.07 bits per heavy atom. The second-order valence-electron chi connectivity index (χ2n) is 3.25. The quantitative estimate of drug-likeness (QED) is 0.577. The Bertz CT molecular complexity index is 606. The van der Waals surface area contributed by atoms with Gasteiger partial charge in [-0.2, -0.15) is 0 Å². The summed E-state index contributed by atoms with van der Waals surface area (Å²) < 4.78 is 2.32. The topological polar surface area (TPSA) is 12.9 Å². The van der Waals surface area contributed by atoms with Crippen molar-refractivity contribution in [3.05, 3.63) is 40.0 Å². The fourth-order valence-electron chi connectivity index (χ4n) is 1.61. The Hall–Kier alpha value is -0.640. The van der Waals surface area contributed by atoms with Crippen LogP contribution in [0.3, 0.4) is 0 Å². The van der Waals surface area contributed by atoms with Gasteiger partial charge in [-0.05, 0) is 24.3 Å². The van der Waals surface area contributed by atoms with Crippen molar-refractivity contribution >= 4 is 59.2 Å². The highest BCUT2D eigenvalue weighted by Gasteiger charge is 2.06. The van der Waals surface area contributed by atoms with Crippen molar-refractivity contribution in [3.63, 3.8) is 0 Å². The predicted octanol–water partition coefficient (Wildman–Crippen LogP) is 4.87. The van der Waals surface area contributed by atoms with Crippen LogP contribution in [0.25, 0.3) is 20.3 Å². The zero-order valence-corrected chi connectivity index (χ0v) is 10.7. The lowest BCUT2D eigenvalue weighted by Gasteiger charge is -1.93. The largest absolute Gasteiger partial charge is 0.244 e. The Balaban J connectivity index is 2.55. The van der Waals surface area contributed by atoms with Crippen LogP contribution in [0, 0.1) is 0 Å². The molecule has 0 saturated heterocycles. The molecule has 0 atom stereocenters. The molecule has 0 saturated carbocycles. The first-order chi connectivity index (χ1) is 7.24. The number of halogens is 2. The number of hydrogen-bond acceptors (Lipinski definition) is 2. The Morgan fingerprint density at radius 1 is 1.20 bits per heavy atom. The SMILES string of the molecule is Clc1cnc2sc3ccc(Br)cc3c2c1. The van der Waals surface area contributed by atoms with E-state index in [-0.39, 0.29) is 0 Å². The van der Waals surface area contributed by atoms with E-state index in [0.29, 0.717) is 5.02 Å². The third-order valence-corrected chi connectivity index (χ3v) is 4.05. The van der Waals surface area contributed by atoms with Crippen LogP contribution in [0.2, 0.25) is 5.02 Å². The Labute approximate surface area is 104 Å². The normalized spacial score (nSPS) is 11.3. The van der Waals surface area contributed by atoms with Gasteiger partial charge in [0, 0.05) is 26.1 Å². The third kappa shape index (κ3) is 1.55. The van der Waals surface area contributed by atoms with Crippen LogP contribution in [-0.4, -0.2) is 4.98 Å². The number of benzene rings is 1. The van der Waals surface area contributed by atoms with Gasteiger partial charge in [0.05, 0.1) is 5.02 Å². The lowest BCUT2D eigenvalue weighted by Crippen LogP contribution is -1.71. The summed E-state index contributed by atoms with van der Waals surface area (Å²) in [4.78, 5) is 5.35. The van der Waals surface area contributed by atoms with Gasteiger partial charge in [-0.25, -0.2) is 4.98 Å². The standard InChI is InChI=1S/C11H5BrClNS/c12-6-1-2-10-8(3-6)9-4-7(13)5-14-11(9)15-10/h1-5H. The molecule has 4 heteroatoms. The summed E-state index contributed by atoms with van der Waals surface area (Å²) in [6.07, 6.45) is 1.69. The predicted molar refractivity (Wildman–Crippen MR) is 69.8 cm³/mol. The second kappa shape index (κ2) is 3.44. The number of aromatic nitrogens is 1. The van der Waals surface area contributed by atoms with Gasteiger partial charge < -0.3 is 0 Å². The minimum Gasteiger partial charge on any atom is -0.244 e. The molecule has 0 spiro atoms. The summed E-state index contributed by atoms with van der Waals surface area (Å²) in [6, 6.07) is 8.21. The zero-order valence-electron chi connectivity index (χ0n) is 7.50. The molecule has 0 aliphatic carbocycles. The molecule has 0 radical (unpaired) electrons. The first kappa shape index (κ1) is 9.58. The van der Waals surface area contributed by atoms with Crippen LogP contribution in [-0.2, 0) is 0 Å². The fraction of sp³-hybridized carbons (Fsp3) is 0. The molecular weight excluding hydrogens is 294 g/mol. The number of rotatable bonds is 0. The van der Waals surface area contributed by atoms with Gasteiger partial charge in [0.15, 0.2) is 0 Å². The zero-order chi connectivity index (χ0) is 10.4. The molecule has 3 aromatic rings. The maximum Gasteiger partial charge on any atom is 0.124 e. The lowest BCUT2D eigenvalue weighted by molar-refractivity contribution is 1.45. The van der Waals surface area contributed by atoms with Gasteiger partial charge in [-0.1, -0.05) is 27.5 Å². The number of pyridine rings is 1. The van der Waals surface area contributed by atoms with Crippen molar-refractivity contribution in [1.82, 2.24) is 4.98 Å². The van der Waals surface area contributed by atoms with Crippen molar-refractivity contribution in [3.8, 4) is 0 Å². The van der Waals surface area contributed by atoms with Gasteiger partial charge in [-0.15, -0.1) is 11.3 Å². The van der Waals surface area contributed by atoms with Crippen molar-refractivity contribution in [2.24, 2.45) is 0 Å². The van der Waals surface area contributed by atoms with Crippen LogP contribution in [0.1, 0.15) is 0 Å². The van der Waals surface area contributed by atoms with Gasteiger partial charge in [0.2, 0.25) is 0 Å². The molecule has 0 amide bonds. The fourth-order valence-corrected chi connectivity index (χ4v) is 3.13. The van der Waals surface area contributed by atoms with E-state index in [0.717, 1.165) is 14.7 Å². The van der Waals surface area contributed by atoms with E-state index in [9.17, 15) is 0 Å². The number of fused-ring (bicyclic) bond motifs is 3. The first-order valence-electron chi connectivity index (χ1n) is 4.37. The van der Waals surface area contributed by atoms with Crippen LogP contribution < -0.4 is 0 Å². The van der Waals surface area contributed by atoms with Crippen molar-refractivity contribution in [2.75, 3.05) is 0 Å². The van der Waals surface area contributed by atoms with Gasteiger partial charge in [-0.3, -0.25) is 0 Å². The van der Waals surface area contributed by atoms with Crippen LogP contribution in [0.5, 0.6) is 0 Å². The van der Waals surface area contributed by atoms with Gasteiger partial charge >= 0.3 is 0 Å². The molecule has 74 valence electrons. The van der Waals surface area contributed by atoms with Crippen LogP contribution in [0.4, 0.5) is 0 Å². The summed E-state index contributed by atoms with van der Waals surface area (Å²) in [5.74, 6) is 0. The molecule has 1 aromatic carbocycles. The molecule has 0 aliphatic rings. The minimum atomic E-state index is 0.683. The van der Waals surface area contributed by atoms with Crippen LogP contribution >= 0.6 is 38.9 Å². The van der Waals surface area contributed by atoms with Crippen LogP contribution in [0.15, 0.2) is 34.9 Å². The van der Waals surface area contributed by atoms with Crippen molar-refractivity contribution < 1.29 is 0 Å². The molecule has 0 unspecified atom stereocenters. The van der Waals surface area contributed by atoms with E-state index < -0.39 is 0 Å². The highest BCUT2D eigenvalue weighted by atomic mass is 79.9. The molecule has 1 nitrogen and oxygen atoms in total. The molecule has 0 N–H and O–H groups in total. The van der Waals surface area contributed by atoms with E-state index in [2.05, 4.69) is 33.0 Å². The number of nitrogens with zero attached hydrogens (tertiary/aromatic N) is 1. The van der Waals surface area contributed by atoms with E-state index in [1.54, 1.807) is 17.5 Å². The molecule has 0 fully saturated rings. The summed E-state index contributed by atoms with van der Waals surface area (Å²) >= 11 is 11.1. The molecule has 3 rings (SSSR count). The lowest BCUT2D eigenvalue weighted by atomic mass is 10.2. The smallest absolute Gasteiger partial charge is 0.124 e. The molecule has 2 aromatic heterocycles. The first-order valence-corrected chi connectivity index (χ1v) is 6.36. The third-order valence-electron chi connectivity index (χ3n) is 2.26. The molecule has 0 bridgehead atoms. The molecular formula is C11H5BrClNS. The van der Waals surface area contributed by atoms with Crippen molar-refractivity contribution in [1.29, 1.82) is 0 Å². The summed E-state index contributed by atoms with van der Waals surface area (Å²) in [7, 11) is 0. The highest BCUT2D eigenvalue weighted by Crippen LogP contribution is 2.35. The summed E-state index contributed by atoms with van der Waals surface area (Å²) in [5.41, 5.74) is 0. The Kier molecular flexibility index (Phi) is 2.20.